The maximum atomic E-state index is 12.8. The van der Waals surface area contributed by atoms with Crippen LogP contribution in [0.4, 0.5) is 0 Å². The van der Waals surface area contributed by atoms with E-state index >= 15 is 0 Å². The van der Waals surface area contributed by atoms with Gasteiger partial charge in [0.05, 0.1) is 0 Å². The van der Waals surface area contributed by atoms with E-state index in [0.29, 0.717) is 12.2 Å². The Kier molecular flexibility index (Phi) is 11.0. The second-order valence-electron chi connectivity index (χ2n) is 8.32. The van der Waals surface area contributed by atoms with E-state index in [0.717, 1.165) is 23.9 Å². The van der Waals surface area contributed by atoms with Crippen LogP contribution in [0.15, 0.2) is 30.5 Å². The Morgan fingerprint density at radius 3 is 2.00 bits per heavy atom. The molecule has 1 heterocycles. The monoisotopic (exact) mass is 383 g/mol. The molecule has 0 saturated carbocycles. The Morgan fingerprint density at radius 1 is 0.750 bits per heavy atom. The Labute approximate surface area is 172 Å². The molecule has 0 unspecified atom stereocenters. The number of Topliss-reactive ketones (excluding diaryl/α,β-unsaturated/α-hetero) is 1. The average molecular weight is 384 g/mol. The number of para-hydroxylation sites is 1. The van der Waals surface area contributed by atoms with Crippen LogP contribution in [-0.4, -0.2) is 10.4 Å². The van der Waals surface area contributed by atoms with Crippen molar-refractivity contribution in [2.45, 2.75) is 110 Å². The molecule has 0 spiro atoms. The van der Waals surface area contributed by atoms with Gasteiger partial charge in [-0.15, -0.1) is 0 Å². The van der Waals surface area contributed by atoms with Gasteiger partial charge >= 0.3 is 0 Å². The summed E-state index contributed by atoms with van der Waals surface area (Å²) in [5, 5.41) is 1.14. The molecule has 2 nitrogen and oxygen atoms in total. The van der Waals surface area contributed by atoms with Crippen LogP contribution in [0.1, 0.15) is 114 Å². The highest BCUT2D eigenvalue weighted by atomic mass is 16.1. The zero-order chi connectivity index (χ0) is 20.0. The third-order valence-electron chi connectivity index (χ3n) is 5.85. The predicted molar refractivity (Wildman–Crippen MR) is 122 cm³/mol. The fraction of sp³-hybridized carbons (Fsp3) is 0.654. The zero-order valence-corrected chi connectivity index (χ0v) is 18.3. The van der Waals surface area contributed by atoms with Crippen LogP contribution in [0, 0.1) is 0 Å². The van der Waals surface area contributed by atoms with Crippen molar-refractivity contribution in [3.05, 3.63) is 36.0 Å². The highest BCUT2D eigenvalue weighted by molar-refractivity contribution is 6.08. The lowest BCUT2D eigenvalue weighted by Crippen LogP contribution is -1.99. The second kappa shape index (κ2) is 13.6. The number of benzene rings is 1. The van der Waals surface area contributed by atoms with Crippen LogP contribution in [0.2, 0.25) is 0 Å². The van der Waals surface area contributed by atoms with E-state index in [-0.39, 0.29) is 0 Å². The molecule has 28 heavy (non-hydrogen) atoms. The van der Waals surface area contributed by atoms with Crippen molar-refractivity contribution in [2.24, 2.45) is 0 Å². The number of rotatable bonds is 16. The molecule has 2 rings (SSSR count). The summed E-state index contributed by atoms with van der Waals surface area (Å²) >= 11 is 0. The first-order chi connectivity index (χ1) is 13.8. The van der Waals surface area contributed by atoms with E-state index in [1.54, 1.807) is 0 Å². The minimum Gasteiger partial charge on any atom is -0.347 e. The molecule has 0 aliphatic carbocycles. The van der Waals surface area contributed by atoms with Gasteiger partial charge in [0, 0.05) is 35.6 Å². The summed E-state index contributed by atoms with van der Waals surface area (Å²) in [6, 6.07) is 8.43. The van der Waals surface area contributed by atoms with Crippen LogP contribution >= 0.6 is 0 Å². The molecule has 0 atom stereocenters. The third-order valence-corrected chi connectivity index (χ3v) is 5.85. The van der Waals surface area contributed by atoms with Gasteiger partial charge in [-0.25, -0.2) is 0 Å². The van der Waals surface area contributed by atoms with E-state index < -0.39 is 0 Å². The smallest absolute Gasteiger partial charge is 0.165 e. The van der Waals surface area contributed by atoms with Crippen LogP contribution in [0.3, 0.4) is 0 Å². The molecule has 0 aliphatic heterocycles. The molecule has 156 valence electrons. The largest absolute Gasteiger partial charge is 0.347 e. The lowest BCUT2D eigenvalue weighted by atomic mass is 10.0. The highest BCUT2D eigenvalue weighted by Gasteiger charge is 2.14. The lowest BCUT2D eigenvalue weighted by Gasteiger charge is -2.05. The minimum absolute atomic E-state index is 0.325. The molecular weight excluding hydrogens is 342 g/mol. The summed E-state index contributed by atoms with van der Waals surface area (Å²) < 4.78 is 2.31. The van der Waals surface area contributed by atoms with Crippen LogP contribution in [0.5, 0.6) is 0 Å². The normalized spacial score (nSPS) is 11.4. The lowest BCUT2D eigenvalue weighted by molar-refractivity contribution is 0.0980. The van der Waals surface area contributed by atoms with Crippen LogP contribution < -0.4 is 0 Å². The SMILES string of the molecule is CCCCCCCCCC(=O)c1cn(CCCCCCCC)c2ccccc12. The zero-order valence-electron chi connectivity index (χ0n) is 18.3. The fourth-order valence-corrected chi connectivity index (χ4v) is 4.09. The topological polar surface area (TPSA) is 22.0 Å². The van der Waals surface area contributed by atoms with Crippen molar-refractivity contribution < 1.29 is 4.79 Å². The molecule has 2 heteroatoms. The summed E-state index contributed by atoms with van der Waals surface area (Å²) in [6.45, 7) is 5.54. The van der Waals surface area contributed by atoms with Gasteiger partial charge in [-0.1, -0.05) is 103 Å². The maximum absolute atomic E-state index is 12.8. The van der Waals surface area contributed by atoms with Crippen molar-refractivity contribution in [3.63, 3.8) is 0 Å². The Bertz CT molecular complexity index is 685. The molecule has 0 saturated heterocycles. The van der Waals surface area contributed by atoms with Crippen molar-refractivity contribution in [1.29, 1.82) is 0 Å². The van der Waals surface area contributed by atoms with Gasteiger partial charge in [-0.05, 0) is 18.9 Å². The van der Waals surface area contributed by atoms with Crippen LogP contribution in [-0.2, 0) is 6.54 Å². The van der Waals surface area contributed by atoms with E-state index in [1.165, 1.54) is 82.6 Å². The molecule has 1 aromatic heterocycles. The molecule has 0 radical (unpaired) electrons. The van der Waals surface area contributed by atoms with Gasteiger partial charge in [-0.3, -0.25) is 4.79 Å². The molecule has 0 N–H and O–H groups in total. The maximum Gasteiger partial charge on any atom is 0.165 e. The van der Waals surface area contributed by atoms with E-state index in [1.807, 2.05) is 0 Å². The number of aryl methyl sites for hydroxylation is 1. The number of hydrogen-bond donors (Lipinski definition) is 0. The van der Waals surface area contributed by atoms with Gasteiger partial charge in [-0.2, -0.15) is 0 Å². The summed E-state index contributed by atoms with van der Waals surface area (Å²) in [7, 11) is 0. The second-order valence-corrected chi connectivity index (χ2v) is 8.32. The summed E-state index contributed by atoms with van der Waals surface area (Å²) in [5.74, 6) is 0.325. The van der Waals surface area contributed by atoms with Crippen molar-refractivity contribution in [2.75, 3.05) is 0 Å². The van der Waals surface area contributed by atoms with E-state index in [4.69, 9.17) is 0 Å². The third kappa shape index (κ3) is 7.45. The van der Waals surface area contributed by atoms with Gasteiger partial charge in [0.15, 0.2) is 5.78 Å². The molecule has 0 amide bonds. The van der Waals surface area contributed by atoms with Gasteiger partial charge < -0.3 is 4.57 Å². The molecule has 1 aromatic carbocycles. The molecule has 2 aromatic rings. The summed E-state index contributed by atoms with van der Waals surface area (Å²) in [4.78, 5) is 12.8. The first-order valence-electron chi connectivity index (χ1n) is 11.9. The number of hydrogen-bond acceptors (Lipinski definition) is 1. The first-order valence-corrected chi connectivity index (χ1v) is 11.9. The summed E-state index contributed by atoms with van der Waals surface area (Å²) in [5.41, 5.74) is 2.16. The number of nitrogens with zero attached hydrogens (tertiary/aromatic N) is 1. The predicted octanol–water partition coefficient (Wildman–Crippen LogP) is 8.33. The Morgan fingerprint density at radius 2 is 1.32 bits per heavy atom. The number of carbonyl (C=O) groups is 1. The first kappa shape index (κ1) is 22.7. The Balaban J connectivity index is 1.85. The van der Waals surface area contributed by atoms with E-state index in [2.05, 4.69) is 48.9 Å². The molecule has 0 fully saturated rings. The Hall–Kier alpha value is -1.57. The standard InChI is InChI=1S/C26H41NO/c1-3-5-7-9-11-12-14-20-26(28)24-22-27(21-17-13-10-8-6-4-2)25-19-16-15-18-23(24)25/h15-16,18-19,22H,3-14,17,20-21H2,1-2H3. The number of ketones is 1. The van der Waals surface area contributed by atoms with Crippen molar-refractivity contribution in [1.82, 2.24) is 4.57 Å². The van der Waals surface area contributed by atoms with Crippen molar-refractivity contribution >= 4 is 16.7 Å². The van der Waals surface area contributed by atoms with Gasteiger partial charge in [0.2, 0.25) is 0 Å². The molecular formula is C26H41NO. The van der Waals surface area contributed by atoms with Gasteiger partial charge in [0.25, 0.3) is 0 Å². The van der Waals surface area contributed by atoms with Crippen LogP contribution in [0.25, 0.3) is 10.9 Å². The quantitative estimate of drug-likeness (QED) is 0.211. The summed E-state index contributed by atoms with van der Waals surface area (Å²) in [6.07, 6.45) is 19.4. The number of aromatic nitrogens is 1. The molecule has 0 bridgehead atoms. The number of carbonyl (C=O) groups excluding carboxylic acids is 1. The average Bonchev–Trinajstić information content (AvgIpc) is 3.09. The van der Waals surface area contributed by atoms with E-state index in [9.17, 15) is 4.79 Å². The fourth-order valence-electron chi connectivity index (χ4n) is 4.09. The van der Waals surface area contributed by atoms with Crippen molar-refractivity contribution in [3.8, 4) is 0 Å². The minimum atomic E-state index is 0.325. The number of unbranched alkanes of at least 4 members (excludes halogenated alkanes) is 11. The number of fused-ring (bicyclic) bond motifs is 1. The molecule has 0 aliphatic rings. The highest BCUT2D eigenvalue weighted by Crippen LogP contribution is 2.24. The van der Waals surface area contributed by atoms with Gasteiger partial charge in [0.1, 0.15) is 0 Å².